The molecule has 1 aliphatic heterocycles. The fourth-order valence-electron chi connectivity index (χ4n) is 3.26. The van der Waals surface area contributed by atoms with Crippen molar-refractivity contribution in [2.75, 3.05) is 6.54 Å². The maximum atomic E-state index is 5.55. The maximum Gasteiger partial charge on any atom is 0.151 e. The van der Waals surface area contributed by atoms with Gasteiger partial charge in [-0.3, -0.25) is 9.88 Å². The Morgan fingerprint density at radius 3 is 2.78 bits per heavy atom. The number of benzene rings is 1. The Kier molecular flexibility index (Phi) is 3.90. The monoisotopic (exact) mass is 305 g/mol. The first-order chi connectivity index (χ1) is 11.4. The highest BCUT2D eigenvalue weighted by molar-refractivity contribution is 5.58. The van der Waals surface area contributed by atoms with Gasteiger partial charge in [0.25, 0.3) is 0 Å². The molecule has 23 heavy (non-hydrogen) atoms. The van der Waals surface area contributed by atoms with E-state index in [1.54, 1.807) is 0 Å². The number of pyridine rings is 1. The van der Waals surface area contributed by atoms with Gasteiger partial charge in [-0.1, -0.05) is 41.6 Å². The molecular formula is C19H19N3O. The molecule has 0 amide bonds. The van der Waals surface area contributed by atoms with Crippen molar-refractivity contribution >= 4 is 0 Å². The van der Waals surface area contributed by atoms with Gasteiger partial charge in [0.1, 0.15) is 5.69 Å². The highest BCUT2D eigenvalue weighted by atomic mass is 16.5. The zero-order valence-electron chi connectivity index (χ0n) is 12.9. The van der Waals surface area contributed by atoms with Crippen molar-refractivity contribution < 1.29 is 4.52 Å². The van der Waals surface area contributed by atoms with E-state index in [-0.39, 0.29) is 0 Å². The zero-order valence-corrected chi connectivity index (χ0v) is 12.9. The van der Waals surface area contributed by atoms with Crippen molar-refractivity contribution in [1.82, 2.24) is 15.0 Å². The zero-order chi connectivity index (χ0) is 15.5. The molecule has 1 aromatic carbocycles. The van der Waals surface area contributed by atoms with Crippen LogP contribution in [0, 0.1) is 0 Å². The number of rotatable bonds is 4. The topological polar surface area (TPSA) is 42.2 Å². The second-order valence-corrected chi connectivity index (χ2v) is 5.93. The van der Waals surface area contributed by atoms with E-state index in [2.05, 4.69) is 27.2 Å². The van der Waals surface area contributed by atoms with Crippen LogP contribution in [0.25, 0.3) is 11.3 Å². The SMILES string of the molecule is c1ccc(-c2cc(CN3CCC[C@@H]3c3ccccn3)on2)cc1. The number of likely N-dealkylation sites (tertiary alicyclic amines) is 1. The summed E-state index contributed by atoms with van der Waals surface area (Å²) in [5.74, 6) is 0.909. The fourth-order valence-corrected chi connectivity index (χ4v) is 3.26. The molecule has 0 unspecified atom stereocenters. The van der Waals surface area contributed by atoms with Gasteiger partial charge in [0, 0.05) is 17.8 Å². The molecule has 116 valence electrons. The van der Waals surface area contributed by atoms with Crippen molar-refractivity contribution in [3.63, 3.8) is 0 Å². The van der Waals surface area contributed by atoms with Crippen molar-refractivity contribution in [3.8, 4) is 11.3 Å². The molecule has 0 spiro atoms. The van der Waals surface area contributed by atoms with Crippen LogP contribution in [-0.4, -0.2) is 21.6 Å². The summed E-state index contributed by atoms with van der Waals surface area (Å²) in [5.41, 5.74) is 3.13. The molecule has 4 nitrogen and oxygen atoms in total. The third-order valence-electron chi connectivity index (χ3n) is 4.38. The molecule has 0 saturated carbocycles. The second kappa shape index (κ2) is 6.34. The Morgan fingerprint density at radius 1 is 1.09 bits per heavy atom. The normalized spacial score (nSPS) is 18.3. The molecule has 4 heteroatoms. The molecule has 0 radical (unpaired) electrons. The fraction of sp³-hybridized carbons (Fsp3) is 0.263. The lowest BCUT2D eigenvalue weighted by atomic mass is 10.1. The van der Waals surface area contributed by atoms with Crippen LogP contribution in [0.2, 0.25) is 0 Å². The molecule has 1 saturated heterocycles. The lowest BCUT2D eigenvalue weighted by Crippen LogP contribution is -2.23. The molecule has 3 aromatic rings. The van der Waals surface area contributed by atoms with Crippen molar-refractivity contribution in [3.05, 3.63) is 72.2 Å². The molecule has 1 fully saturated rings. The van der Waals surface area contributed by atoms with Crippen molar-refractivity contribution in [2.24, 2.45) is 0 Å². The molecule has 0 N–H and O–H groups in total. The summed E-state index contributed by atoms with van der Waals surface area (Å²) in [5, 5.41) is 4.21. The number of hydrogen-bond donors (Lipinski definition) is 0. The highest BCUT2D eigenvalue weighted by Crippen LogP contribution is 2.32. The first-order valence-corrected chi connectivity index (χ1v) is 8.06. The predicted molar refractivity (Wildman–Crippen MR) is 88.6 cm³/mol. The summed E-state index contributed by atoms with van der Waals surface area (Å²) in [6, 6.07) is 18.7. The van der Waals surface area contributed by atoms with E-state index in [9.17, 15) is 0 Å². The first-order valence-electron chi connectivity index (χ1n) is 8.06. The smallest absolute Gasteiger partial charge is 0.151 e. The van der Waals surface area contributed by atoms with Gasteiger partial charge < -0.3 is 4.52 Å². The second-order valence-electron chi connectivity index (χ2n) is 5.93. The van der Waals surface area contributed by atoms with Gasteiger partial charge in [-0.05, 0) is 31.5 Å². The number of nitrogens with zero attached hydrogens (tertiary/aromatic N) is 3. The molecular weight excluding hydrogens is 286 g/mol. The van der Waals surface area contributed by atoms with Crippen LogP contribution in [0.1, 0.15) is 30.3 Å². The quantitative estimate of drug-likeness (QED) is 0.728. The van der Waals surface area contributed by atoms with Crippen LogP contribution in [0.3, 0.4) is 0 Å². The van der Waals surface area contributed by atoms with E-state index >= 15 is 0 Å². The Labute approximate surface area is 135 Å². The Balaban J connectivity index is 1.51. The maximum absolute atomic E-state index is 5.55. The summed E-state index contributed by atoms with van der Waals surface area (Å²) in [4.78, 5) is 6.95. The molecule has 0 bridgehead atoms. The lowest BCUT2D eigenvalue weighted by molar-refractivity contribution is 0.214. The third kappa shape index (κ3) is 3.03. The average Bonchev–Trinajstić information content (AvgIpc) is 3.26. The molecule has 1 aliphatic rings. The van der Waals surface area contributed by atoms with Crippen LogP contribution in [-0.2, 0) is 6.54 Å². The molecule has 2 aromatic heterocycles. The van der Waals surface area contributed by atoms with Crippen LogP contribution in [0.15, 0.2) is 65.3 Å². The van der Waals surface area contributed by atoms with E-state index < -0.39 is 0 Å². The Morgan fingerprint density at radius 2 is 1.96 bits per heavy atom. The number of aromatic nitrogens is 2. The van der Waals surface area contributed by atoms with Crippen LogP contribution in [0.4, 0.5) is 0 Å². The lowest BCUT2D eigenvalue weighted by Gasteiger charge is -2.22. The van der Waals surface area contributed by atoms with E-state index in [0.717, 1.165) is 42.2 Å². The Hall–Kier alpha value is -2.46. The van der Waals surface area contributed by atoms with Gasteiger partial charge in [-0.15, -0.1) is 0 Å². The summed E-state index contributed by atoms with van der Waals surface area (Å²) in [6.45, 7) is 1.85. The summed E-state index contributed by atoms with van der Waals surface area (Å²) in [6.07, 6.45) is 4.21. The van der Waals surface area contributed by atoms with Gasteiger partial charge >= 0.3 is 0 Å². The largest absolute Gasteiger partial charge is 0.359 e. The standard InChI is InChI=1S/C19H19N3O/c1-2-7-15(8-3-1)18-13-16(23-21-18)14-22-12-6-10-19(22)17-9-4-5-11-20-17/h1-5,7-9,11,13,19H,6,10,12,14H2/t19-/m1/s1. The van der Waals surface area contributed by atoms with Crippen LogP contribution >= 0.6 is 0 Å². The van der Waals surface area contributed by atoms with E-state index in [1.165, 1.54) is 6.42 Å². The van der Waals surface area contributed by atoms with Gasteiger partial charge in [0.05, 0.1) is 18.3 Å². The summed E-state index contributed by atoms with van der Waals surface area (Å²) >= 11 is 0. The third-order valence-corrected chi connectivity index (χ3v) is 4.38. The minimum Gasteiger partial charge on any atom is -0.359 e. The number of hydrogen-bond acceptors (Lipinski definition) is 4. The van der Waals surface area contributed by atoms with E-state index in [4.69, 9.17) is 4.52 Å². The van der Waals surface area contributed by atoms with Crippen LogP contribution in [0.5, 0.6) is 0 Å². The first kappa shape index (κ1) is 14.2. The molecule has 3 heterocycles. The summed E-state index contributed by atoms with van der Waals surface area (Å²) in [7, 11) is 0. The predicted octanol–water partition coefficient (Wildman–Crippen LogP) is 4.07. The van der Waals surface area contributed by atoms with Crippen LogP contribution < -0.4 is 0 Å². The van der Waals surface area contributed by atoms with Gasteiger partial charge in [0.2, 0.25) is 0 Å². The summed E-state index contributed by atoms with van der Waals surface area (Å²) < 4.78 is 5.55. The van der Waals surface area contributed by atoms with E-state index in [1.807, 2.05) is 48.7 Å². The highest BCUT2D eigenvalue weighted by Gasteiger charge is 2.27. The van der Waals surface area contributed by atoms with Gasteiger partial charge in [0.15, 0.2) is 5.76 Å². The molecule has 0 aliphatic carbocycles. The molecule has 4 rings (SSSR count). The van der Waals surface area contributed by atoms with Gasteiger partial charge in [-0.2, -0.15) is 0 Å². The van der Waals surface area contributed by atoms with Gasteiger partial charge in [-0.25, -0.2) is 0 Å². The van der Waals surface area contributed by atoms with Crippen molar-refractivity contribution in [2.45, 2.75) is 25.4 Å². The minimum atomic E-state index is 0.376. The minimum absolute atomic E-state index is 0.376. The van der Waals surface area contributed by atoms with E-state index in [0.29, 0.717) is 6.04 Å². The Bertz CT molecular complexity index is 755. The average molecular weight is 305 g/mol. The molecule has 1 atom stereocenters. The van der Waals surface area contributed by atoms with Crippen molar-refractivity contribution in [1.29, 1.82) is 0 Å².